The molecule has 3 rings (SSSR count). The van der Waals surface area contributed by atoms with E-state index in [0.717, 1.165) is 34.4 Å². The third kappa shape index (κ3) is 2.72. The monoisotopic (exact) mass is 321 g/mol. The highest BCUT2D eigenvalue weighted by atomic mass is 79.9. The van der Waals surface area contributed by atoms with E-state index in [4.69, 9.17) is 4.52 Å². The number of nitrogens with zero attached hydrogens (tertiary/aromatic N) is 2. The van der Waals surface area contributed by atoms with Crippen molar-refractivity contribution in [2.75, 3.05) is 6.54 Å². The maximum atomic E-state index is 5.38. The first-order chi connectivity index (χ1) is 9.24. The van der Waals surface area contributed by atoms with Crippen LogP contribution in [0.3, 0.4) is 0 Å². The average molecular weight is 322 g/mol. The molecule has 1 saturated heterocycles. The van der Waals surface area contributed by atoms with Gasteiger partial charge in [-0.15, -0.1) is 0 Å². The van der Waals surface area contributed by atoms with E-state index in [1.54, 1.807) is 0 Å². The van der Waals surface area contributed by atoms with Gasteiger partial charge in [-0.3, -0.25) is 0 Å². The Labute approximate surface area is 120 Å². The first-order valence-corrected chi connectivity index (χ1v) is 7.37. The van der Waals surface area contributed by atoms with Crippen LogP contribution in [0.25, 0.3) is 11.5 Å². The van der Waals surface area contributed by atoms with Crippen LogP contribution in [0.2, 0.25) is 0 Å². The van der Waals surface area contributed by atoms with E-state index >= 15 is 0 Å². The van der Waals surface area contributed by atoms with Gasteiger partial charge in [0.2, 0.25) is 0 Å². The molecule has 1 N–H and O–H groups in total. The molecule has 1 aliphatic rings. The zero-order valence-electron chi connectivity index (χ0n) is 10.8. The number of rotatable bonds is 2. The molecule has 0 amide bonds. The minimum absolute atomic E-state index is 0.239. The summed E-state index contributed by atoms with van der Waals surface area (Å²) in [7, 11) is 0. The Bertz CT molecular complexity index is 576. The molecule has 2 aromatic rings. The molecule has 1 fully saturated rings. The lowest BCUT2D eigenvalue weighted by atomic mass is 10.0. The standard InChI is InChI=1S/C14H16BrN3O/c1-9-8-10(5-6-11(9)15)14-17-13(18-19-14)12-4-2-3-7-16-12/h5-6,8,12,16H,2-4,7H2,1H3. The summed E-state index contributed by atoms with van der Waals surface area (Å²) in [5, 5.41) is 7.54. The third-order valence-electron chi connectivity index (χ3n) is 3.47. The minimum Gasteiger partial charge on any atom is -0.334 e. The molecule has 1 aromatic heterocycles. The summed E-state index contributed by atoms with van der Waals surface area (Å²) < 4.78 is 6.47. The molecule has 0 radical (unpaired) electrons. The Balaban J connectivity index is 1.85. The number of nitrogens with one attached hydrogen (secondary N) is 1. The van der Waals surface area contributed by atoms with Crippen LogP contribution in [0.15, 0.2) is 27.2 Å². The molecule has 0 aliphatic carbocycles. The van der Waals surface area contributed by atoms with Crippen LogP contribution in [0.5, 0.6) is 0 Å². The predicted molar refractivity (Wildman–Crippen MR) is 76.8 cm³/mol. The number of benzene rings is 1. The number of aromatic nitrogens is 2. The molecule has 19 heavy (non-hydrogen) atoms. The number of piperidine rings is 1. The average Bonchev–Trinajstić information content (AvgIpc) is 2.93. The van der Waals surface area contributed by atoms with E-state index < -0.39 is 0 Å². The van der Waals surface area contributed by atoms with Crippen LogP contribution in [0.4, 0.5) is 0 Å². The smallest absolute Gasteiger partial charge is 0.257 e. The van der Waals surface area contributed by atoms with Crippen molar-refractivity contribution >= 4 is 15.9 Å². The van der Waals surface area contributed by atoms with Gasteiger partial charge in [-0.2, -0.15) is 4.98 Å². The Kier molecular flexibility index (Phi) is 3.66. The summed E-state index contributed by atoms with van der Waals surface area (Å²) in [6.45, 7) is 3.08. The number of hydrogen-bond acceptors (Lipinski definition) is 4. The second-order valence-electron chi connectivity index (χ2n) is 4.92. The first kappa shape index (κ1) is 12.8. The molecule has 1 aromatic carbocycles. The summed E-state index contributed by atoms with van der Waals surface area (Å²) in [5.41, 5.74) is 2.13. The van der Waals surface area contributed by atoms with Gasteiger partial charge in [0, 0.05) is 10.0 Å². The molecule has 1 atom stereocenters. The zero-order chi connectivity index (χ0) is 13.2. The normalized spacial score (nSPS) is 19.6. The van der Waals surface area contributed by atoms with Crippen molar-refractivity contribution in [3.63, 3.8) is 0 Å². The van der Waals surface area contributed by atoms with Gasteiger partial charge >= 0.3 is 0 Å². The van der Waals surface area contributed by atoms with Crippen LogP contribution < -0.4 is 5.32 Å². The Hall–Kier alpha value is -1.20. The van der Waals surface area contributed by atoms with Gasteiger partial charge in [-0.05, 0) is 50.1 Å². The Morgan fingerprint density at radius 3 is 3.00 bits per heavy atom. The molecule has 2 heterocycles. The summed E-state index contributed by atoms with van der Waals surface area (Å²) in [5.74, 6) is 1.37. The van der Waals surface area contributed by atoms with E-state index in [9.17, 15) is 0 Å². The van der Waals surface area contributed by atoms with E-state index in [-0.39, 0.29) is 6.04 Å². The lowest BCUT2D eigenvalue weighted by Crippen LogP contribution is -2.27. The summed E-state index contributed by atoms with van der Waals surface area (Å²) >= 11 is 3.49. The molecule has 100 valence electrons. The molecular weight excluding hydrogens is 306 g/mol. The molecule has 0 spiro atoms. The van der Waals surface area contributed by atoms with Gasteiger partial charge in [0.25, 0.3) is 5.89 Å². The highest BCUT2D eigenvalue weighted by molar-refractivity contribution is 9.10. The predicted octanol–water partition coefficient (Wildman–Crippen LogP) is 3.62. The highest BCUT2D eigenvalue weighted by Gasteiger charge is 2.20. The molecular formula is C14H16BrN3O. The van der Waals surface area contributed by atoms with Crippen molar-refractivity contribution in [2.45, 2.75) is 32.2 Å². The van der Waals surface area contributed by atoms with Crippen LogP contribution in [-0.2, 0) is 0 Å². The van der Waals surface area contributed by atoms with E-state index in [1.165, 1.54) is 12.8 Å². The Morgan fingerprint density at radius 2 is 2.26 bits per heavy atom. The lowest BCUT2D eigenvalue weighted by molar-refractivity contribution is 0.367. The molecule has 1 aliphatic heterocycles. The van der Waals surface area contributed by atoms with Crippen molar-refractivity contribution in [3.05, 3.63) is 34.1 Å². The fraction of sp³-hybridized carbons (Fsp3) is 0.429. The summed E-state index contributed by atoms with van der Waals surface area (Å²) in [6.07, 6.45) is 3.53. The van der Waals surface area contributed by atoms with Crippen molar-refractivity contribution in [2.24, 2.45) is 0 Å². The van der Waals surface area contributed by atoms with Crippen LogP contribution >= 0.6 is 15.9 Å². The molecule has 4 nitrogen and oxygen atoms in total. The van der Waals surface area contributed by atoms with Gasteiger partial charge in [-0.25, -0.2) is 0 Å². The van der Waals surface area contributed by atoms with Gasteiger partial charge in [0.05, 0.1) is 6.04 Å². The fourth-order valence-corrected chi connectivity index (χ4v) is 2.59. The maximum absolute atomic E-state index is 5.38. The quantitative estimate of drug-likeness (QED) is 0.917. The van der Waals surface area contributed by atoms with Crippen LogP contribution in [0.1, 0.15) is 36.7 Å². The maximum Gasteiger partial charge on any atom is 0.257 e. The second-order valence-corrected chi connectivity index (χ2v) is 5.78. The second kappa shape index (κ2) is 5.43. The lowest BCUT2D eigenvalue weighted by Gasteiger charge is -2.19. The minimum atomic E-state index is 0.239. The van der Waals surface area contributed by atoms with E-state index in [1.807, 2.05) is 19.1 Å². The van der Waals surface area contributed by atoms with Gasteiger partial charge < -0.3 is 9.84 Å². The number of aryl methyl sites for hydroxylation is 1. The largest absolute Gasteiger partial charge is 0.334 e. The molecule has 0 saturated carbocycles. The SMILES string of the molecule is Cc1cc(-c2nc(C3CCCCN3)no2)ccc1Br. The molecule has 0 bridgehead atoms. The fourth-order valence-electron chi connectivity index (χ4n) is 2.34. The van der Waals surface area contributed by atoms with Crippen molar-refractivity contribution in [3.8, 4) is 11.5 Å². The van der Waals surface area contributed by atoms with Crippen LogP contribution in [-0.4, -0.2) is 16.7 Å². The number of hydrogen-bond donors (Lipinski definition) is 1. The first-order valence-electron chi connectivity index (χ1n) is 6.57. The highest BCUT2D eigenvalue weighted by Crippen LogP contribution is 2.26. The van der Waals surface area contributed by atoms with E-state index in [0.29, 0.717) is 5.89 Å². The van der Waals surface area contributed by atoms with Gasteiger partial charge in [0.1, 0.15) is 0 Å². The molecule has 5 heteroatoms. The summed E-state index contributed by atoms with van der Waals surface area (Å²) in [6, 6.07) is 6.29. The number of halogens is 1. The molecule has 1 unspecified atom stereocenters. The zero-order valence-corrected chi connectivity index (χ0v) is 12.4. The Morgan fingerprint density at radius 1 is 1.37 bits per heavy atom. The van der Waals surface area contributed by atoms with Crippen molar-refractivity contribution in [1.82, 2.24) is 15.5 Å². The topological polar surface area (TPSA) is 51.0 Å². The van der Waals surface area contributed by atoms with Crippen molar-refractivity contribution in [1.29, 1.82) is 0 Å². The van der Waals surface area contributed by atoms with E-state index in [2.05, 4.69) is 37.5 Å². The van der Waals surface area contributed by atoms with Gasteiger partial charge in [0.15, 0.2) is 5.82 Å². The third-order valence-corrected chi connectivity index (χ3v) is 4.36. The summed E-state index contributed by atoms with van der Waals surface area (Å²) in [4.78, 5) is 4.52. The van der Waals surface area contributed by atoms with Gasteiger partial charge in [-0.1, -0.05) is 27.5 Å². The van der Waals surface area contributed by atoms with Crippen molar-refractivity contribution < 1.29 is 4.52 Å². The van der Waals surface area contributed by atoms with Crippen LogP contribution in [0, 0.1) is 6.92 Å².